The molecule has 2 N–H and O–H groups in total. The van der Waals surface area contributed by atoms with Crippen LogP contribution in [0.5, 0.6) is 0 Å². The molecule has 13 heteroatoms. The van der Waals surface area contributed by atoms with Crippen LogP contribution < -0.4 is 15.5 Å². The Hall–Kier alpha value is -4.23. The quantitative estimate of drug-likeness (QED) is 0.308. The van der Waals surface area contributed by atoms with Crippen molar-refractivity contribution in [3.05, 3.63) is 77.1 Å². The van der Waals surface area contributed by atoms with E-state index in [0.717, 1.165) is 63.4 Å². The van der Waals surface area contributed by atoms with Crippen molar-refractivity contribution in [1.82, 2.24) is 25.5 Å². The first-order valence-electron chi connectivity index (χ1n) is 15.8. The van der Waals surface area contributed by atoms with E-state index < -0.39 is 29.5 Å². The third kappa shape index (κ3) is 9.19. The minimum Gasteiger partial charge on any atom is -0.444 e. The molecule has 47 heavy (non-hydrogen) atoms. The molecule has 0 unspecified atom stereocenters. The number of nitrogens with one attached hydrogen (secondary N) is 2. The highest BCUT2D eigenvalue weighted by Gasteiger charge is 2.31. The van der Waals surface area contributed by atoms with Crippen LogP contribution in [-0.4, -0.2) is 77.9 Å². The predicted octanol–water partition coefficient (Wildman–Crippen LogP) is 5.59. The first kappa shape index (κ1) is 34.1. The summed E-state index contributed by atoms with van der Waals surface area (Å²) < 4.78 is 51.6. The number of amides is 2. The van der Waals surface area contributed by atoms with Crippen LogP contribution >= 0.6 is 0 Å². The van der Waals surface area contributed by atoms with Crippen molar-refractivity contribution < 1.29 is 32.2 Å². The predicted molar refractivity (Wildman–Crippen MR) is 171 cm³/mol. The Labute approximate surface area is 272 Å². The standard InChI is InChI=1S/C34H41F3N6O4/c1-22(40-30(44)29-11-13-38-31(41-29)43-16-14-42(15-17-43)21-27-12-18-46-27)23-5-7-24(8-6-23)28-19-26(34(35,36)37)10-9-25(28)20-39-32(45)47-33(2,3)4/h5-11,13,19,22,27H,12,14-18,20-21H2,1-4H3,(H,39,45)(H,40,44)/t22-,27+/m1/s1. The molecule has 5 rings (SSSR count). The molecule has 0 radical (unpaired) electrons. The van der Waals surface area contributed by atoms with Crippen molar-refractivity contribution in [2.24, 2.45) is 0 Å². The number of halogens is 3. The lowest BCUT2D eigenvalue weighted by Crippen LogP contribution is -2.50. The van der Waals surface area contributed by atoms with Crippen molar-refractivity contribution in [1.29, 1.82) is 0 Å². The second-order valence-corrected chi connectivity index (χ2v) is 12.9. The van der Waals surface area contributed by atoms with E-state index in [1.54, 1.807) is 57.3 Å². The van der Waals surface area contributed by atoms with Crippen molar-refractivity contribution in [3.8, 4) is 11.1 Å². The number of carbonyl (C=O) groups excluding carboxylic acids is 2. The molecule has 252 valence electrons. The van der Waals surface area contributed by atoms with Crippen LogP contribution in [0.25, 0.3) is 11.1 Å². The molecule has 10 nitrogen and oxygen atoms in total. The number of alkyl carbamates (subject to hydrolysis) is 1. The van der Waals surface area contributed by atoms with Crippen LogP contribution in [0.4, 0.5) is 23.9 Å². The number of anilines is 1. The third-order valence-corrected chi connectivity index (χ3v) is 8.11. The number of alkyl halides is 3. The highest BCUT2D eigenvalue weighted by Crippen LogP contribution is 2.34. The van der Waals surface area contributed by atoms with Gasteiger partial charge in [0, 0.05) is 52.1 Å². The van der Waals surface area contributed by atoms with Gasteiger partial charge in [0.2, 0.25) is 5.95 Å². The highest BCUT2D eigenvalue weighted by molar-refractivity contribution is 5.92. The topological polar surface area (TPSA) is 109 Å². The van der Waals surface area contributed by atoms with Gasteiger partial charge in [0.25, 0.3) is 5.91 Å². The van der Waals surface area contributed by atoms with Crippen molar-refractivity contribution in [2.45, 2.75) is 64.6 Å². The van der Waals surface area contributed by atoms with E-state index in [2.05, 4.69) is 30.4 Å². The molecular formula is C34H41F3N6O4. The number of ether oxygens (including phenoxy) is 2. The van der Waals surface area contributed by atoms with Gasteiger partial charge in [0.1, 0.15) is 11.3 Å². The molecule has 2 aliphatic rings. The number of nitrogens with zero attached hydrogens (tertiary/aromatic N) is 4. The molecule has 2 aromatic carbocycles. The molecule has 2 aliphatic heterocycles. The minimum atomic E-state index is -4.54. The van der Waals surface area contributed by atoms with Gasteiger partial charge in [0.05, 0.1) is 17.7 Å². The van der Waals surface area contributed by atoms with E-state index in [9.17, 15) is 22.8 Å². The van der Waals surface area contributed by atoms with Gasteiger partial charge in [-0.2, -0.15) is 13.2 Å². The van der Waals surface area contributed by atoms with Gasteiger partial charge >= 0.3 is 12.3 Å². The molecule has 3 heterocycles. The summed E-state index contributed by atoms with van der Waals surface area (Å²) in [5, 5.41) is 5.57. The minimum absolute atomic E-state index is 0.0252. The number of benzene rings is 2. The molecule has 2 fully saturated rings. The van der Waals surface area contributed by atoms with E-state index in [0.29, 0.717) is 28.7 Å². The largest absolute Gasteiger partial charge is 0.444 e. The average molecular weight is 655 g/mol. The van der Waals surface area contributed by atoms with Gasteiger partial charge in [-0.3, -0.25) is 9.69 Å². The SMILES string of the molecule is C[C@@H](NC(=O)c1ccnc(N2CCN(C[C@@H]3CCO3)CC2)n1)c1ccc(-c2cc(C(F)(F)F)ccc2CNC(=O)OC(C)(C)C)cc1. The van der Waals surface area contributed by atoms with Crippen LogP contribution in [0.2, 0.25) is 0 Å². The summed E-state index contributed by atoms with van der Waals surface area (Å²) in [7, 11) is 0. The zero-order chi connectivity index (χ0) is 33.8. The zero-order valence-electron chi connectivity index (χ0n) is 27.1. The molecule has 0 saturated carbocycles. The number of piperazine rings is 1. The highest BCUT2D eigenvalue weighted by atomic mass is 19.4. The lowest BCUT2D eigenvalue weighted by atomic mass is 9.95. The van der Waals surface area contributed by atoms with Gasteiger partial charge < -0.3 is 25.0 Å². The maximum atomic E-state index is 13.6. The Bertz CT molecular complexity index is 1550. The number of aromatic nitrogens is 2. The van der Waals surface area contributed by atoms with Gasteiger partial charge in [-0.25, -0.2) is 14.8 Å². The van der Waals surface area contributed by atoms with Gasteiger partial charge in [-0.05, 0) is 74.6 Å². The smallest absolute Gasteiger partial charge is 0.416 e. The fourth-order valence-electron chi connectivity index (χ4n) is 5.44. The number of rotatable bonds is 9. The molecule has 3 aromatic rings. The summed E-state index contributed by atoms with van der Waals surface area (Å²) >= 11 is 0. The van der Waals surface area contributed by atoms with E-state index in [1.807, 2.05) is 6.92 Å². The van der Waals surface area contributed by atoms with E-state index in [-0.39, 0.29) is 18.1 Å². The van der Waals surface area contributed by atoms with Gasteiger partial charge in [0.15, 0.2) is 0 Å². The zero-order valence-corrected chi connectivity index (χ0v) is 27.1. The Kier molecular flexibility index (Phi) is 10.4. The second kappa shape index (κ2) is 14.3. The van der Waals surface area contributed by atoms with Crippen LogP contribution in [0, 0.1) is 0 Å². The lowest BCUT2D eigenvalue weighted by Gasteiger charge is -2.38. The molecule has 2 amide bonds. The lowest BCUT2D eigenvalue weighted by molar-refractivity contribution is -0.137. The van der Waals surface area contributed by atoms with Crippen molar-refractivity contribution in [2.75, 3.05) is 44.2 Å². The molecule has 0 bridgehead atoms. The van der Waals surface area contributed by atoms with Gasteiger partial charge in [-0.15, -0.1) is 0 Å². The number of hydrogen-bond acceptors (Lipinski definition) is 8. The molecular weight excluding hydrogens is 613 g/mol. The Morgan fingerprint density at radius 2 is 1.74 bits per heavy atom. The first-order valence-corrected chi connectivity index (χ1v) is 15.8. The summed E-state index contributed by atoms with van der Waals surface area (Å²) in [6, 6.07) is 11.5. The summed E-state index contributed by atoms with van der Waals surface area (Å²) in [5.74, 6) is 0.145. The normalized spacial score (nSPS) is 17.9. The summed E-state index contributed by atoms with van der Waals surface area (Å²) in [4.78, 5) is 38.7. The van der Waals surface area contributed by atoms with Crippen LogP contribution in [-0.2, 0) is 22.2 Å². The maximum absolute atomic E-state index is 13.6. The van der Waals surface area contributed by atoms with E-state index >= 15 is 0 Å². The Balaban J connectivity index is 1.23. The van der Waals surface area contributed by atoms with Crippen molar-refractivity contribution in [3.63, 3.8) is 0 Å². The van der Waals surface area contributed by atoms with Crippen LogP contribution in [0.1, 0.15) is 67.3 Å². The molecule has 1 aromatic heterocycles. The van der Waals surface area contributed by atoms with E-state index in [1.165, 1.54) is 6.07 Å². The van der Waals surface area contributed by atoms with Crippen LogP contribution in [0.3, 0.4) is 0 Å². The molecule has 0 aliphatic carbocycles. The Morgan fingerprint density at radius 3 is 2.36 bits per heavy atom. The molecule has 0 spiro atoms. The van der Waals surface area contributed by atoms with E-state index in [4.69, 9.17) is 9.47 Å². The monoisotopic (exact) mass is 654 g/mol. The number of carbonyl (C=O) groups is 2. The summed E-state index contributed by atoms with van der Waals surface area (Å²) in [6.07, 6.45) is -2.19. The fourth-order valence-corrected chi connectivity index (χ4v) is 5.44. The summed E-state index contributed by atoms with van der Waals surface area (Å²) in [6.45, 7) is 12.0. The van der Waals surface area contributed by atoms with Gasteiger partial charge in [-0.1, -0.05) is 30.3 Å². The fraction of sp³-hybridized carbons (Fsp3) is 0.471. The molecule has 2 atom stereocenters. The second-order valence-electron chi connectivity index (χ2n) is 12.9. The molecule has 2 saturated heterocycles. The average Bonchev–Trinajstić information content (AvgIpc) is 3.01. The maximum Gasteiger partial charge on any atom is 0.416 e. The summed E-state index contributed by atoms with van der Waals surface area (Å²) in [5.41, 5.74) is 0.827. The Morgan fingerprint density at radius 1 is 1.04 bits per heavy atom. The van der Waals surface area contributed by atoms with Crippen molar-refractivity contribution >= 4 is 17.9 Å². The number of hydrogen-bond donors (Lipinski definition) is 2. The third-order valence-electron chi connectivity index (χ3n) is 8.11. The van der Waals surface area contributed by atoms with Crippen LogP contribution in [0.15, 0.2) is 54.7 Å². The first-order chi connectivity index (χ1) is 22.2.